The van der Waals surface area contributed by atoms with E-state index in [-0.39, 0.29) is 13.2 Å². The largest absolute Gasteiger partial charge is 0.394 e. The molecule has 0 aromatic carbocycles. The van der Waals surface area contributed by atoms with Crippen molar-refractivity contribution in [2.75, 3.05) is 13.2 Å². The number of hydrogen-bond donors (Lipinski definition) is 2. The Kier molecular flexibility index (Phi) is 56500. The van der Waals surface area contributed by atoms with E-state index in [1.165, 1.54) is 0 Å². The Bertz CT molecular complexity index is 60.8. The zero-order valence-electron chi connectivity index (χ0n) is 16.5. The topological polar surface area (TPSA) is 40.5 Å². The van der Waals surface area contributed by atoms with Crippen molar-refractivity contribution >= 4 is 0 Å². The molecule has 0 aromatic heterocycles. The van der Waals surface area contributed by atoms with Crippen LogP contribution in [0.25, 0.3) is 0 Å². The molecule has 0 aliphatic rings. The van der Waals surface area contributed by atoms with Gasteiger partial charge in [0.15, 0.2) is 0 Å². The Morgan fingerprint density at radius 1 is 0.250 bits per heavy atom. The van der Waals surface area contributed by atoms with Crippen LogP contribution in [0.15, 0.2) is 132 Å². The van der Waals surface area contributed by atoms with Crippen LogP contribution in [-0.4, -0.2) is 23.4 Å². The van der Waals surface area contributed by atoms with Crippen LogP contribution in [0.3, 0.4) is 0 Å². The van der Waals surface area contributed by atoms with Crippen LogP contribution in [0.5, 0.6) is 0 Å². The Balaban J connectivity index is -0.00000000873. The lowest BCUT2D eigenvalue weighted by Crippen LogP contribution is -1.85. The monoisotopic (exact) mass is 342 g/mol. The third-order valence-electron chi connectivity index (χ3n) is 0.1000. The fraction of sp³-hybridized carbons (Fsp3) is 0.0909. The summed E-state index contributed by atoms with van der Waals surface area (Å²) in [5.41, 5.74) is 0. The second-order valence-electron chi connectivity index (χ2n) is 0.447. The fourth-order valence-electron chi connectivity index (χ4n) is 0. The maximum Gasteiger partial charge on any atom is 0.0662 e. The van der Waals surface area contributed by atoms with E-state index in [4.69, 9.17) is 10.2 Å². The smallest absolute Gasteiger partial charge is 0.0662 e. The van der Waals surface area contributed by atoms with E-state index in [0.29, 0.717) is 0 Å². The molecular weight excluding hydrogens is 296 g/mol. The highest BCUT2D eigenvalue weighted by Gasteiger charge is 1.58. The average Bonchev–Trinajstić information content (AvgIpc) is 2.81. The van der Waals surface area contributed by atoms with Gasteiger partial charge in [-0.25, -0.2) is 0 Å². The van der Waals surface area contributed by atoms with E-state index in [9.17, 15) is 0 Å². The van der Waals surface area contributed by atoms with E-state index >= 15 is 0 Å². The zero-order chi connectivity index (χ0) is 23.4. The number of rotatable bonds is 1. The maximum atomic E-state index is 7.62. The second-order valence-corrected chi connectivity index (χ2v) is 0.447. The number of aliphatic hydroxyl groups is 2. The fourth-order valence-corrected chi connectivity index (χ4v) is 0. The van der Waals surface area contributed by atoms with Gasteiger partial charge in [-0.2, -0.15) is 0 Å². The highest BCUT2D eigenvalue weighted by atomic mass is 16.3. The molecule has 0 rings (SSSR count). The summed E-state index contributed by atoms with van der Waals surface area (Å²) in [7, 11) is 0. The number of aliphatic hydroxyl groups excluding tert-OH is 2. The normalized spacial score (nSPS) is 2.92. The summed E-state index contributed by atoms with van der Waals surface area (Å²) in [6.07, 6.45) is 0. The van der Waals surface area contributed by atoms with Crippen molar-refractivity contribution in [3.8, 4) is 0 Å². The molecule has 0 aliphatic heterocycles. The van der Waals surface area contributed by atoms with Gasteiger partial charge in [-0.15, -0.1) is 132 Å². The van der Waals surface area contributed by atoms with Gasteiger partial charge in [0.25, 0.3) is 0 Å². The van der Waals surface area contributed by atoms with E-state index in [0.717, 1.165) is 0 Å². The van der Waals surface area contributed by atoms with Crippen molar-refractivity contribution in [2.24, 2.45) is 0 Å². The molecule has 0 saturated carbocycles. The lowest BCUT2D eigenvalue weighted by Gasteiger charge is -1.70. The van der Waals surface area contributed by atoms with Gasteiger partial charge in [-0.05, 0) is 0 Å². The minimum atomic E-state index is -0.125. The van der Waals surface area contributed by atoms with Crippen LogP contribution in [0.1, 0.15) is 0 Å². The van der Waals surface area contributed by atoms with Gasteiger partial charge in [0, 0.05) is 0 Å². The van der Waals surface area contributed by atoms with E-state index in [2.05, 4.69) is 132 Å². The Hall–Kier alpha value is -2.68. The molecular formula is C22H46O2. The third-order valence-corrected chi connectivity index (χ3v) is 0.1000. The SMILES string of the molecule is C=C.C=C.C=C.C=C.C=C.C=C.C=C.C=C.C=C.C=C.OCCO. The lowest BCUT2D eigenvalue weighted by atomic mass is 10.8. The lowest BCUT2D eigenvalue weighted by molar-refractivity contribution is 0.186. The molecule has 0 radical (unpaired) electrons. The molecule has 0 bridgehead atoms. The first-order chi connectivity index (χ1) is 11.9. The summed E-state index contributed by atoms with van der Waals surface area (Å²) in [5, 5.41) is 15.2. The van der Waals surface area contributed by atoms with Gasteiger partial charge >= 0.3 is 0 Å². The van der Waals surface area contributed by atoms with Crippen molar-refractivity contribution in [1.29, 1.82) is 0 Å². The first-order valence-electron chi connectivity index (χ1n) is 6.13. The summed E-state index contributed by atoms with van der Waals surface area (Å²) in [6.45, 7) is 59.8. The molecule has 0 saturated heterocycles. The molecule has 2 nitrogen and oxygen atoms in total. The van der Waals surface area contributed by atoms with E-state index in [1.54, 1.807) is 0 Å². The summed E-state index contributed by atoms with van der Waals surface area (Å²) in [4.78, 5) is 0. The predicted molar refractivity (Wildman–Crippen MR) is 127 cm³/mol. The minimum Gasteiger partial charge on any atom is -0.394 e. The second kappa shape index (κ2) is 16400. The molecule has 0 aromatic rings. The maximum absolute atomic E-state index is 7.62. The van der Waals surface area contributed by atoms with E-state index < -0.39 is 0 Å². The third kappa shape index (κ3) is 2300. The highest BCUT2D eigenvalue weighted by Crippen LogP contribution is 1.39. The van der Waals surface area contributed by atoms with Gasteiger partial charge in [0.05, 0.1) is 13.2 Å². The summed E-state index contributed by atoms with van der Waals surface area (Å²) in [6, 6.07) is 0. The van der Waals surface area contributed by atoms with Gasteiger partial charge in [0.2, 0.25) is 0 Å². The van der Waals surface area contributed by atoms with Gasteiger partial charge in [0.1, 0.15) is 0 Å². The van der Waals surface area contributed by atoms with Crippen molar-refractivity contribution < 1.29 is 10.2 Å². The van der Waals surface area contributed by atoms with Crippen LogP contribution in [0, 0.1) is 0 Å². The van der Waals surface area contributed by atoms with Crippen molar-refractivity contribution in [1.82, 2.24) is 0 Å². The molecule has 2 heteroatoms. The molecule has 0 heterocycles. The zero-order valence-corrected chi connectivity index (χ0v) is 16.5. The highest BCUT2D eigenvalue weighted by molar-refractivity contribution is 4.24. The van der Waals surface area contributed by atoms with Gasteiger partial charge in [-0.3, -0.25) is 0 Å². The van der Waals surface area contributed by atoms with Crippen molar-refractivity contribution in [2.45, 2.75) is 0 Å². The van der Waals surface area contributed by atoms with Crippen LogP contribution >= 0.6 is 0 Å². The predicted octanol–water partition coefficient (Wildman–Crippen LogP) is 6.99. The molecule has 0 spiro atoms. The first-order valence-corrected chi connectivity index (χ1v) is 6.13. The Labute approximate surface area is 155 Å². The minimum absolute atomic E-state index is 0.125. The van der Waals surface area contributed by atoms with Crippen LogP contribution in [-0.2, 0) is 0 Å². The summed E-state index contributed by atoms with van der Waals surface area (Å²) < 4.78 is 0. The van der Waals surface area contributed by atoms with Crippen LogP contribution in [0.2, 0.25) is 0 Å². The molecule has 0 fully saturated rings. The Morgan fingerprint density at radius 3 is 0.292 bits per heavy atom. The first kappa shape index (κ1) is 82.7. The van der Waals surface area contributed by atoms with Crippen molar-refractivity contribution in [3.63, 3.8) is 0 Å². The molecule has 0 amide bonds. The van der Waals surface area contributed by atoms with Crippen LogP contribution in [0.4, 0.5) is 0 Å². The molecule has 146 valence electrons. The quantitative estimate of drug-likeness (QED) is 0.504. The average molecular weight is 343 g/mol. The number of hydrogen-bond acceptors (Lipinski definition) is 2. The molecule has 0 unspecified atom stereocenters. The van der Waals surface area contributed by atoms with Gasteiger partial charge < -0.3 is 10.2 Å². The molecule has 24 heavy (non-hydrogen) atoms. The summed E-state index contributed by atoms with van der Waals surface area (Å²) >= 11 is 0. The standard InChI is InChI=1S/C2H6O2.10C2H4/c3-1-2-4;10*1-2/h3-4H,1-2H2;10*1-2H2. The van der Waals surface area contributed by atoms with Crippen LogP contribution < -0.4 is 0 Å². The Morgan fingerprint density at radius 2 is 0.292 bits per heavy atom. The molecule has 0 atom stereocenters. The molecule has 0 aliphatic carbocycles. The van der Waals surface area contributed by atoms with Crippen molar-refractivity contribution in [3.05, 3.63) is 132 Å². The van der Waals surface area contributed by atoms with Gasteiger partial charge in [-0.1, -0.05) is 0 Å². The summed E-state index contributed by atoms with van der Waals surface area (Å²) in [5.74, 6) is 0. The molecule has 2 N–H and O–H groups in total. The van der Waals surface area contributed by atoms with E-state index in [1.807, 2.05) is 0 Å².